The second kappa shape index (κ2) is 6.54. The molecule has 0 aliphatic rings. The van der Waals surface area contributed by atoms with Crippen molar-refractivity contribution >= 4 is 21.9 Å². The second-order valence-corrected chi connectivity index (χ2v) is 5.67. The van der Waals surface area contributed by atoms with Crippen molar-refractivity contribution in [1.82, 2.24) is 0 Å². The van der Waals surface area contributed by atoms with Crippen LogP contribution in [0.15, 0.2) is 12.1 Å². The van der Waals surface area contributed by atoms with Crippen molar-refractivity contribution in [1.29, 1.82) is 0 Å². The summed E-state index contributed by atoms with van der Waals surface area (Å²) in [5, 5.41) is 9.99. The Morgan fingerprint density at radius 3 is 2.55 bits per heavy atom. The molecule has 0 spiro atoms. The first-order valence-corrected chi connectivity index (χ1v) is 7.04. The molecule has 0 aliphatic heterocycles. The molecule has 20 heavy (non-hydrogen) atoms. The number of rotatable bonds is 5. The number of methoxy groups -OCH3 is 1. The van der Waals surface area contributed by atoms with Gasteiger partial charge >= 0.3 is 5.97 Å². The summed E-state index contributed by atoms with van der Waals surface area (Å²) < 4.78 is 23.9. The highest BCUT2D eigenvalue weighted by molar-refractivity contribution is 9.09. The Kier molecular flexibility index (Phi) is 5.53. The van der Waals surface area contributed by atoms with Crippen LogP contribution in [0, 0.1) is 5.82 Å². The van der Waals surface area contributed by atoms with E-state index < -0.39 is 22.2 Å². The molecule has 0 saturated carbocycles. The number of benzene rings is 1. The van der Waals surface area contributed by atoms with E-state index >= 15 is 0 Å². The van der Waals surface area contributed by atoms with Crippen LogP contribution in [0.1, 0.15) is 36.7 Å². The highest BCUT2D eigenvalue weighted by atomic mass is 79.9. The summed E-state index contributed by atoms with van der Waals surface area (Å²) in [5.74, 6) is -1.23. The number of halogens is 2. The highest BCUT2D eigenvalue weighted by Gasteiger charge is 2.28. The minimum Gasteiger partial charge on any atom is -0.493 e. The fraction of sp³-hybridized carbons (Fsp3) is 0.500. The third-order valence-corrected chi connectivity index (χ3v) is 3.62. The minimum atomic E-state index is -1.23. The van der Waals surface area contributed by atoms with Gasteiger partial charge in [0.15, 0.2) is 11.6 Å². The van der Waals surface area contributed by atoms with Gasteiger partial charge in [-0.15, -0.1) is 0 Å². The Morgan fingerprint density at radius 1 is 1.50 bits per heavy atom. The summed E-state index contributed by atoms with van der Waals surface area (Å²) in [4.78, 5) is 10.9. The summed E-state index contributed by atoms with van der Waals surface area (Å²) in [7, 11) is 1.32. The predicted molar refractivity (Wildman–Crippen MR) is 76.5 cm³/mol. The lowest BCUT2D eigenvalue weighted by Crippen LogP contribution is -2.18. The molecule has 0 fully saturated rings. The van der Waals surface area contributed by atoms with Gasteiger partial charge in [-0.1, -0.05) is 15.9 Å². The number of alkyl halides is 1. The van der Waals surface area contributed by atoms with Gasteiger partial charge in [0, 0.05) is 5.56 Å². The molecule has 0 amide bonds. The molecular formula is C14H18BrFO4. The van der Waals surface area contributed by atoms with Crippen molar-refractivity contribution < 1.29 is 23.8 Å². The maximum atomic E-state index is 14.0. The van der Waals surface area contributed by atoms with Gasteiger partial charge in [-0.05, 0) is 38.5 Å². The molecular weight excluding hydrogens is 331 g/mol. The molecule has 6 heteroatoms. The van der Waals surface area contributed by atoms with E-state index in [1.165, 1.54) is 33.1 Å². The molecule has 1 atom stereocenters. The maximum Gasteiger partial charge on any atom is 0.324 e. The quantitative estimate of drug-likeness (QED) is 0.656. The molecule has 0 saturated heterocycles. The summed E-state index contributed by atoms with van der Waals surface area (Å²) in [6.07, 6.45) is 0. The molecule has 0 heterocycles. The van der Waals surface area contributed by atoms with Crippen molar-refractivity contribution in [2.45, 2.75) is 31.2 Å². The number of hydrogen-bond acceptors (Lipinski definition) is 4. The summed E-state index contributed by atoms with van der Waals surface area (Å²) in [5.41, 5.74) is -0.605. The van der Waals surface area contributed by atoms with Gasteiger partial charge in [0.05, 0.1) is 19.3 Å². The monoisotopic (exact) mass is 348 g/mol. The molecule has 0 aromatic heterocycles. The van der Waals surface area contributed by atoms with E-state index in [9.17, 15) is 14.3 Å². The molecule has 1 aromatic carbocycles. The first-order chi connectivity index (χ1) is 9.22. The van der Waals surface area contributed by atoms with Crippen molar-refractivity contribution in [2.75, 3.05) is 13.7 Å². The zero-order valence-corrected chi connectivity index (χ0v) is 13.5. The van der Waals surface area contributed by atoms with Crippen LogP contribution in [0.3, 0.4) is 0 Å². The van der Waals surface area contributed by atoms with Crippen LogP contribution in [0.2, 0.25) is 0 Å². The number of aliphatic hydroxyl groups is 1. The van der Waals surface area contributed by atoms with Gasteiger partial charge in [-0.25, -0.2) is 4.39 Å². The Balaban J connectivity index is 3.35. The van der Waals surface area contributed by atoms with Gasteiger partial charge in [0.25, 0.3) is 0 Å². The predicted octanol–water partition coefficient (Wildman–Crippen LogP) is 3.06. The van der Waals surface area contributed by atoms with E-state index in [-0.39, 0.29) is 17.9 Å². The molecule has 1 unspecified atom stereocenters. The number of hydrogen-bond donors (Lipinski definition) is 1. The number of carbonyl (C=O) groups is 1. The average Bonchev–Trinajstić information content (AvgIpc) is 2.36. The Bertz CT molecular complexity index is 497. The number of ether oxygens (including phenoxy) is 2. The lowest BCUT2D eigenvalue weighted by Gasteiger charge is -2.22. The second-order valence-electron chi connectivity index (χ2n) is 4.75. The number of carbonyl (C=O) groups excluding carboxylic acids is 1. The van der Waals surface area contributed by atoms with Crippen molar-refractivity contribution in [3.63, 3.8) is 0 Å². The number of esters is 1. The standard InChI is InChI=1S/C14H18BrFO4/c1-5-20-13(17)11(15)9-6-8(14(2,3)18)7-10(16)12(9)19-4/h6-7,11,18H,5H2,1-4H3. The van der Waals surface area contributed by atoms with E-state index in [4.69, 9.17) is 9.47 Å². The summed E-state index contributed by atoms with van der Waals surface area (Å²) in [6.45, 7) is 4.97. The lowest BCUT2D eigenvalue weighted by molar-refractivity contribution is -0.142. The topological polar surface area (TPSA) is 55.8 Å². The average molecular weight is 349 g/mol. The minimum absolute atomic E-state index is 0.0482. The van der Waals surface area contributed by atoms with Crippen molar-refractivity contribution in [3.8, 4) is 5.75 Å². The van der Waals surface area contributed by atoms with Crippen LogP contribution in [0.25, 0.3) is 0 Å². The van der Waals surface area contributed by atoms with E-state index in [1.807, 2.05) is 0 Å². The Morgan fingerprint density at radius 2 is 2.10 bits per heavy atom. The molecule has 112 valence electrons. The van der Waals surface area contributed by atoms with Crippen LogP contribution in [0.4, 0.5) is 4.39 Å². The molecule has 1 aromatic rings. The first kappa shape index (κ1) is 16.9. The normalized spacial score (nSPS) is 12.9. The van der Waals surface area contributed by atoms with E-state index in [0.717, 1.165) is 0 Å². The SMILES string of the molecule is CCOC(=O)C(Br)c1cc(C(C)(C)O)cc(F)c1OC. The zero-order chi connectivity index (χ0) is 15.5. The molecule has 4 nitrogen and oxygen atoms in total. The van der Waals surface area contributed by atoms with E-state index in [2.05, 4.69) is 15.9 Å². The fourth-order valence-electron chi connectivity index (χ4n) is 1.71. The highest BCUT2D eigenvalue weighted by Crippen LogP contribution is 2.37. The van der Waals surface area contributed by atoms with Crippen molar-refractivity contribution in [3.05, 3.63) is 29.1 Å². The Labute approximate surface area is 126 Å². The van der Waals surface area contributed by atoms with Crippen LogP contribution < -0.4 is 4.74 Å². The third-order valence-electron chi connectivity index (χ3n) is 2.75. The van der Waals surface area contributed by atoms with Gasteiger partial charge in [0.1, 0.15) is 4.83 Å². The fourth-order valence-corrected chi connectivity index (χ4v) is 2.19. The maximum absolute atomic E-state index is 14.0. The van der Waals surface area contributed by atoms with Crippen LogP contribution in [-0.2, 0) is 15.1 Å². The first-order valence-electron chi connectivity index (χ1n) is 6.13. The molecule has 1 N–H and O–H groups in total. The zero-order valence-electron chi connectivity index (χ0n) is 11.9. The molecule has 1 rings (SSSR count). The molecule has 0 bridgehead atoms. The van der Waals surface area contributed by atoms with Crippen LogP contribution in [-0.4, -0.2) is 24.8 Å². The largest absolute Gasteiger partial charge is 0.493 e. The van der Waals surface area contributed by atoms with Crippen molar-refractivity contribution in [2.24, 2.45) is 0 Å². The third kappa shape index (κ3) is 3.70. The summed E-state index contributed by atoms with van der Waals surface area (Å²) >= 11 is 3.18. The van der Waals surface area contributed by atoms with Gasteiger partial charge in [-0.3, -0.25) is 4.79 Å². The van der Waals surface area contributed by atoms with Gasteiger partial charge in [0.2, 0.25) is 0 Å². The van der Waals surface area contributed by atoms with Gasteiger partial charge in [-0.2, -0.15) is 0 Å². The van der Waals surface area contributed by atoms with E-state index in [0.29, 0.717) is 5.56 Å². The van der Waals surface area contributed by atoms with E-state index in [1.54, 1.807) is 6.92 Å². The summed E-state index contributed by atoms with van der Waals surface area (Å²) in [6, 6.07) is 2.71. The Hall–Kier alpha value is -1.14. The molecule has 0 radical (unpaired) electrons. The van der Waals surface area contributed by atoms with Crippen LogP contribution >= 0.6 is 15.9 Å². The smallest absolute Gasteiger partial charge is 0.324 e. The van der Waals surface area contributed by atoms with Gasteiger partial charge < -0.3 is 14.6 Å². The molecule has 0 aliphatic carbocycles. The van der Waals surface area contributed by atoms with Crippen LogP contribution in [0.5, 0.6) is 5.75 Å². The lowest BCUT2D eigenvalue weighted by atomic mass is 9.95.